The summed E-state index contributed by atoms with van der Waals surface area (Å²) >= 11 is 0. The molecule has 0 aliphatic heterocycles. The van der Waals surface area contributed by atoms with Gasteiger partial charge in [-0.05, 0) is 91.3 Å². The van der Waals surface area contributed by atoms with Crippen LogP contribution < -0.4 is 19.3 Å². The monoisotopic (exact) mass is 532 g/mol. The van der Waals surface area contributed by atoms with E-state index >= 15 is 0 Å². The summed E-state index contributed by atoms with van der Waals surface area (Å²) < 4.78 is 13.3. The molecule has 0 saturated carbocycles. The van der Waals surface area contributed by atoms with Crippen LogP contribution in [0.15, 0.2) is 66.7 Å². The number of hydrogen-bond acceptors (Lipinski definition) is 5. The van der Waals surface area contributed by atoms with Crippen LogP contribution in [-0.2, 0) is 12.8 Å². The maximum absolute atomic E-state index is 11.0. The lowest BCUT2D eigenvalue weighted by Crippen LogP contribution is -2.35. The van der Waals surface area contributed by atoms with E-state index in [1.807, 2.05) is 30.3 Å². The van der Waals surface area contributed by atoms with Crippen molar-refractivity contribution < 1.29 is 14.6 Å². The zero-order valence-electron chi connectivity index (χ0n) is 25.3. The second kappa shape index (κ2) is 13.1. The minimum atomic E-state index is -0.544. The van der Waals surface area contributed by atoms with Crippen LogP contribution in [0.3, 0.4) is 0 Å². The molecule has 1 N–H and O–H groups in total. The first-order valence-electron chi connectivity index (χ1n) is 14.4. The number of benzene rings is 3. The Kier molecular flexibility index (Phi) is 10.2. The molecule has 5 nitrogen and oxygen atoms in total. The molecule has 0 amide bonds. The summed E-state index contributed by atoms with van der Waals surface area (Å²) in [7, 11) is 0. The van der Waals surface area contributed by atoms with Crippen molar-refractivity contribution in [3.05, 3.63) is 77.9 Å². The first-order chi connectivity index (χ1) is 18.5. The van der Waals surface area contributed by atoms with Gasteiger partial charge in [-0.1, -0.05) is 36.4 Å². The Morgan fingerprint density at radius 3 is 1.49 bits per heavy atom. The molecule has 0 aliphatic rings. The SMILES string of the molecule is CCN(CC)c1ccccc1OC(C)(C)Cc1cccc(O)c1CC(C)(C)Oc1ccccc1N(CC)CC. The van der Waals surface area contributed by atoms with Crippen LogP contribution in [0.25, 0.3) is 0 Å². The van der Waals surface area contributed by atoms with E-state index < -0.39 is 11.2 Å². The number of rotatable bonds is 14. The van der Waals surface area contributed by atoms with Crippen molar-refractivity contribution >= 4 is 11.4 Å². The van der Waals surface area contributed by atoms with Crippen LogP contribution in [0.2, 0.25) is 0 Å². The summed E-state index contributed by atoms with van der Waals surface area (Å²) in [5, 5.41) is 11.0. The van der Waals surface area contributed by atoms with Gasteiger partial charge < -0.3 is 24.4 Å². The molecule has 39 heavy (non-hydrogen) atoms. The Morgan fingerprint density at radius 2 is 1.03 bits per heavy atom. The molecule has 0 aromatic heterocycles. The zero-order valence-corrected chi connectivity index (χ0v) is 25.3. The van der Waals surface area contributed by atoms with Crippen LogP contribution in [0.1, 0.15) is 66.5 Å². The summed E-state index contributed by atoms with van der Waals surface area (Å²) in [6.07, 6.45) is 1.21. The molecule has 3 aromatic carbocycles. The van der Waals surface area contributed by atoms with Crippen molar-refractivity contribution in [2.75, 3.05) is 36.0 Å². The third-order valence-corrected chi connectivity index (χ3v) is 7.18. The van der Waals surface area contributed by atoms with E-state index in [0.717, 1.165) is 60.2 Å². The highest BCUT2D eigenvalue weighted by molar-refractivity contribution is 5.59. The van der Waals surface area contributed by atoms with Gasteiger partial charge in [0.15, 0.2) is 0 Å². The second-order valence-corrected chi connectivity index (χ2v) is 11.3. The van der Waals surface area contributed by atoms with Crippen molar-refractivity contribution in [1.82, 2.24) is 0 Å². The number of anilines is 2. The zero-order chi connectivity index (χ0) is 28.6. The van der Waals surface area contributed by atoms with Gasteiger partial charge in [0, 0.05) is 44.6 Å². The summed E-state index contributed by atoms with van der Waals surface area (Å²) in [4.78, 5) is 4.60. The van der Waals surface area contributed by atoms with Crippen molar-refractivity contribution in [1.29, 1.82) is 0 Å². The van der Waals surface area contributed by atoms with Gasteiger partial charge in [-0.25, -0.2) is 0 Å². The first-order valence-corrected chi connectivity index (χ1v) is 14.4. The predicted molar refractivity (Wildman–Crippen MR) is 165 cm³/mol. The molecule has 0 bridgehead atoms. The molecule has 3 rings (SSSR count). The molecule has 0 atom stereocenters. The summed E-state index contributed by atoms with van der Waals surface area (Å²) in [5.41, 5.74) is 3.12. The van der Waals surface area contributed by atoms with Gasteiger partial charge in [-0.15, -0.1) is 0 Å². The van der Waals surface area contributed by atoms with E-state index in [1.54, 1.807) is 6.07 Å². The fourth-order valence-corrected chi connectivity index (χ4v) is 5.28. The molecule has 212 valence electrons. The van der Waals surface area contributed by atoms with E-state index in [4.69, 9.17) is 9.47 Å². The fourth-order valence-electron chi connectivity index (χ4n) is 5.28. The van der Waals surface area contributed by atoms with Gasteiger partial charge in [-0.2, -0.15) is 0 Å². The van der Waals surface area contributed by atoms with E-state index in [0.29, 0.717) is 18.6 Å². The highest BCUT2D eigenvalue weighted by atomic mass is 16.5. The van der Waals surface area contributed by atoms with Gasteiger partial charge in [0.2, 0.25) is 0 Å². The lowest BCUT2D eigenvalue weighted by molar-refractivity contribution is 0.103. The quantitative estimate of drug-likeness (QED) is 0.229. The lowest BCUT2D eigenvalue weighted by atomic mass is 9.88. The molecule has 0 spiro atoms. The average molecular weight is 533 g/mol. The smallest absolute Gasteiger partial charge is 0.143 e. The molecule has 3 aromatic rings. The molecule has 0 aliphatic carbocycles. The largest absolute Gasteiger partial charge is 0.508 e. The van der Waals surface area contributed by atoms with Gasteiger partial charge in [0.05, 0.1) is 11.4 Å². The van der Waals surface area contributed by atoms with Crippen molar-refractivity contribution in [2.45, 2.75) is 79.4 Å². The first kappa shape index (κ1) is 30.2. The topological polar surface area (TPSA) is 45.2 Å². The normalized spacial score (nSPS) is 11.8. The highest BCUT2D eigenvalue weighted by Gasteiger charge is 2.29. The molecule has 0 fully saturated rings. The summed E-state index contributed by atoms with van der Waals surface area (Å²) in [6, 6.07) is 22.2. The molecule has 0 heterocycles. The maximum Gasteiger partial charge on any atom is 0.143 e. The molecule has 0 saturated heterocycles. The second-order valence-electron chi connectivity index (χ2n) is 11.3. The molecular formula is C34H48N2O3. The van der Waals surface area contributed by atoms with Gasteiger partial charge in [-0.3, -0.25) is 0 Å². The molecule has 0 radical (unpaired) electrons. The van der Waals surface area contributed by atoms with E-state index in [2.05, 4.69) is 95.5 Å². The minimum absolute atomic E-state index is 0.292. The number of phenolic OH excluding ortho intramolecular Hbond substituents is 1. The standard InChI is InChI=1S/C34H48N2O3/c1-9-35(10-2)28-19-13-15-22-31(28)38-33(5,6)24-26-18-17-21-30(37)27(26)25-34(7,8)39-32-23-16-14-20-29(32)36(11-3)12-4/h13-23,37H,9-12,24-25H2,1-8H3. The van der Waals surface area contributed by atoms with Gasteiger partial charge >= 0.3 is 0 Å². The molecular weight excluding hydrogens is 484 g/mol. The number of ether oxygens (including phenoxy) is 2. The van der Waals surface area contributed by atoms with Crippen molar-refractivity contribution in [3.63, 3.8) is 0 Å². The van der Waals surface area contributed by atoms with Gasteiger partial charge in [0.25, 0.3) is 0 Å². The van der Waals surface area contributed by atoms with Crippen molar-refractivity contribution in [3.8, 4) is 17.2 Å². The maximum atomic E-state index is 11.0. The minimum Gasteiger partial charge on any atom is -0.508 e. The number of aromatic hydroxyl groups is 1. The van der Waals surface area contributed by atoms with Gasteiger partial charge in [0.1, 0.15) is 28.5 Å². The van der Waals surface area contributed by atoms with E-state index in [-0.39, 0.29) is 0 Å². The van der Waals surface area contributed by atoms with E-state index in [1.165, 1.54) is 0 Å². The van der Waals surface area contributed by atoms with Crippen LogP contribution in [0, 0.1) is 0 Å². The lowest BCUT2D eigenvalue weighted by Gasteiger charge is -2.33. The number of phenols is 1. The third kappa shape index (κ3) is 7.84. The Balaban J connectivity index is 1.86. The Labute approximate surface area is 236 Å². The fraction of sp³-hybridized carbons (Fsp3) is 0.471. The molecule has 0 unspecified atom stereocenters. The summed E-state index contributed by atoms with van der Waals surface area (Å²) in [6.45, 7) is 20.7. The number of hydrogen-bond donors (Lipinski definition) is 1. The molecule has 5 heteroatoms. The summed E-state index contributed by atoms with van der Waals surface area (Å²) in [5.74, 6) is 2.03. The Morgan fingerprint density at radius 1 is 0.590 bits per heavy atom. The highest BCUT2D eigenvalue weighted by Crippen LogP contribution is 2.36. The predicted octanol–water partition coefficient (Wildman–Crippen LogP) is 7.88. The third-order valence-electron chi connectivity index (χ3n) is 7.18. The van der Waals surface area contributed by atoms with Crippen LogP contribution in [-0.4, -0.2) is 42.5 Å². The van der Waals surface area contributed by atoms with E-state index in [9.17, 15) is 5.11 Å². The number of nitrogens with zero attached hydrogens (tertiary/aromatic N) is 2. The Hall–Kier alpha value is -3.34. The average Bonchev–Trinajstić information content (AvgIpc) is 2.89. The number of para-hydroxylation sites is 4. The Bertz CT molecular complexity index is 1200. The van der Waals surface area contributed by atoms with Crippen LogP contribution >= 0.6 is 0 Å². The van der Waals surface area contributed by atoms with Crippen LogP contribution in [0.5, 0.6) is 17.2 Å². The van der Waals surface area contributed by atoms with Crippen LogP contribution in [0.4, 0.5) is 11.4 Å². The van der Waals surface area contributed by atoms with Crippen molar-refractivity contribution in [2.24, 2.45) is 0 Å².